The Balaban J connectivity index is 0.000000186. The number of Topliss-reactive ketones (excluding diaryl/α,β-unsaturated/α-hetero) is 2. The van der Waals surface area contributed by atoms with Crippen molar-refractivity contribution in [3.8, 4) is 22.3 Å². The number of amides is 2. The summed E-state index contributed by atoms with van der Waals surface area (Å²) in [5, 5.41) is 3.43. The van der Waals surface area contributed by atoms with E-state index in [2.05, 4.69) is 53.4 Å². The Morgan fingerprint density at radius 1 is 0.522 bits per heavy atom. The van der Waals surface area contributed by atoms with E-state index in [1.165, 1.54) is 24.0 Å². The minimum absolute atomic E-state index is 0.0603. The van der Waals surface area contributed by atoms with Crippen LogP contribution in [0.15, 0.2) is 134 Å². The average Bonchev–Trinajstić information content (AvgIpc) is 3.90. The molecule has 10 nitrogen and oxygen atoms in total. The summed E-state index contributed by atoms with van der Waals surface area (Å²) in [5.41, 5.74) is 24.0. The van der Waals surface area contributed by atoms with E-state index < -0.39 is 0 Å². The molecule has 3 aliphatic rings. The highest BCUT2D eigenvalue weighted by molar-refractivity contribution is 5.99. The number of anilines is 2. The topological polar surface area (TPSA) is 148 Å². The van der Waals surface area contributed by atoms with Crippen LogP contribution in [-0.4, -0.2) is 76.6 Å². The lowest BCUT2D eigenvalue weighted by atomic mass is 9.75. The second-order valence-corrected chi connectivity index (χ2v) is 19.6. The van der Waals surface area contributed by atoms with Crippen LogP contribution in [0, 0.1) is 10.8 Å². The monoisotopic (exact) mass is 896 g/mol. The smallest absolute Gasteiger partial charge is 0.319 e. The number of nitrogens with zero attached hydrogens (tertiary/aromatic N) is 4. The molecule has 0 saturated carbocycles. The lowest BCUT2D eigenvalue weighted by Gasteiger charge is -2.40. The summed E-state index contributed by atoms with van der Waals surface area (Å²) in [6.07, 6.45) is 16.3. The van der Waals surface area contributed by atoms with Gasteiger partial charge in [-0.05, 0) is 168 Å². The summed E-state index contributed by atoms with van der Waals surface area (Å²) in [7, 11) is 0. The summed E-state index contributed by atoms with van der Waals surface area (Å²) in [6.45, 7) is 10.3. The first-order valence-electron chi connectivity index (χ1n) is 24.0. The van der Waals surface area contributed by atoms with Crippen LogP contribution in [0.25, 0.3) is 22.3 Å². The second kappa shape index (κ2) is 21.3. The molecule has 10 heteroatoms. The zero-order valence-electron chi connectivity index (χ0n) is 39.2. The van der Waals surface area contributed by atoms with Crippen molar-refractivity contribution in [1.29, 1.82) is 0 Å². The van der Waals surface area contributed by atoms with Gasteiger partial charge < -0.3 is 26.6 Å². The molecule has 67 heavy (non-hydrogen) atoms. The molecule has 346 valence electrons. The Morgan fingerprint density at radius 2 is 0.925 bits per heavy atom. The van der Waals surface area contributed by atoms with Crippen LogP contribution < -0.4 is 16.8 Å². The molecule has 5 heterocycles. The zero-order chi connectivity index (χ0) is 46.8. The number of urea groups is 1. The number of hydrogen-bond donors (Lipinski definition) is 3. The zero-order valence-corrected chi connectivity index (χ0v) is 39.2. The number of pyridine rings is 2. The first kappa shape index (κ1) is 46.9. The summed E-state index contributed by atoms with van der Waals surface area (Å²) in [6, 6.07) is 35.9. The fraction of sp³-hybridized carbons (Fsp3) is 0.351. The van der Waals surface area contributed by atoms with E-state index in [9.17, 15) is 14.4 Å². The van der Waals surface area contributed by atoms with E-state index in [0.717, 1.165) is 117 Å². The van der Waals surface area contributed by atoms with E-state index >= 15 is 0 Å². The number of likely N-dealkylation sites (tertiary alicyclic amines) is 2. The Labute approximate surface area is 396 Å². The molecule has 0 aliphatic carbocycles. The van der Waals surface area contributed by atoms with E-state index in [4.69, 9.17) is 11.5 Å². The number of aromatic nitrogens is 2. The quantitative estimate of drug-likeness (QED) is 0.0813. The molecule has 6 aromatic rings. The Morgan fingerprint density at radius 3 is 1.36 bits per heavy atom. The number of nitrogens with two attached hydrogens (primary N) is 2. The number of carbonyl (C=O) groups excluding carboxylic acids is 3. The number of benzene rings is 4. The molecule has 3 aliphatic heterocycles. The molecule has 0 spiro atoms. The third-order valence-corrected chi connectivity index (χ3v) is 14.3. The molecule has 0 atom stereocenters. The maximum absolute atomic E-state index is 13.1. The number of carbonyl (C=O) groups is 3. The van der Waals surface area contributed by atoms with Crippen molar-refractivity contribution in [2.75, 3.05) is 50.7 Å². The van der Waals surface area contributed by atoms with Gasteiger partial charge in [-0.2, -0.15) is 0 Å². The average molecular weight is 896 g/mol. The van der Waals surface area contributed by atoms with Gasteiger partial charge in [-0.15, -0.1) is 0 Å². The Bertz CT molecular complexity index is 2610. The number of ketones is 2. The molecule has 3 saturated heterocycles. The van der Waals surface area contributed by atoms with Crippen LogP contribution in [0.5, 0.6) is 0 Å². The molecular formula is C57H65N7O3. The van der Waals surface area contributed by atoms with E-state index in [1.54, 1.807) is 24.8 Å². The molecule has 5 N–H and O–H groups in total. The number of nitrogens with one attached hydrogen (secondary N) is 1. The Kier molecular flexibility index (Phi) is 14.9. The maximum Gasteiger partial charge on any atom is 0.319 e. The first-order valence-corrected chi connectivity index (χ1v) is 24.0. The largest absolute Gasteiger partial charge is 0.398 e. The van der Waals surface area contributed by atoms with Gasteiger partial charge in [0.05, 0.1) is 0 Å². The van der Waals surface area contributed by atoms with Crippen molar-refractivity contribution in [3.05, 3.63) is 167 Å². The summed E-state index contributed by atoms with van der Waals surface area (Å²) >= 11 is 0. The van der Waals surface area contributed by atoms with Gasteiger partial charge in [0.15, 0.2) is 11.6 Å². The van der Waals surface area contributed by atoms with Crippen molar-refractivity contribution in [2.24, 2.45) is 10.8 Å². The highest BCUT2D eigenvalue weighted by atomic mass is 16.2. The molecule has 4 aromatic carbocycles. The molecule has 0 bridgehead atoms. The van der Waals surface area contributed by atoms with Gasteiger partial charge in [-0.3, -0.25) is 19.6 Å². The van der Waals surface area contributed by atoms with E-state index in [1.807, 2.05) is 94.7 Å². The van der Waals surface area contributed by atoms with Crippen molar-refractivity contribution >= 4 is 29.0 Å². The van der Waals surface area contributed by atoms with Crippen molar-refractivity contribution in [3.63, 3.8) is 0 Å². The van der Waals surface area contributed by atoms with Crippen LogP contribution in [0.2, 0.25) is 0 Å². The van der Waals surface area contributed by atoms with Gasteiger partial charge in [0.2, 0.25) is 0 Å². The lowest BCUT2D eigenvalue weighted by molar-refractivity contribution is 0.0985. The molecular weight excluding hydrogens is 831 g/mol. The fourth-order valence-corrected chi connectivity index (χ4v) is 9.85. The molecule has 0 unspecified atom stereocenters. The van der Waals surface area contributed by atoms with Crippen molar-refractivity contribution in [2.45, 2.75) is 78.1 Å². The summed E-state index contributed by atoms with van der Waals surface area (Å²) in [5.74, 6) is 0.151. The predicted octanol–water partition coefficient (Wildman–Crippen LogP) is 10.3. The van der Waals surface area contributed by atoms with Crippen LogP contribution in [0.1, 0.15) is 95.3 Å². The maximum atomic E-state index is 13.1. The van der Waals surface area contributed by atoms with Crippen LogP contribution >= 0.6 is 0 Å². The van der Waals surface area contributed by atoms with Crippen LogP contribution in [0.3, 0.4) is 0 Å². The molecule has 3 fully saturated rings. The van der Waals surface area contributed by atoms with Gasteiger partial charge in [0.25, 0.3) is 0 Å². The molecule has 2 aromatic heterocycles. The summed E-state index contributed by atoms with van der Waals surface area (Å²) in [4.78, 5) is 50.9. The standard InChI is InChI=1S/C31H36N4O2.C26H29N3O/c1-31(12-18-35(19-13-31)30(37)34-16-2-3-17-34)22-23-4-6-25(7-5-23)29(36)21-27-20-26(8-9-28(27)32)24-10-14-33-15-11-24;1-26(10-14-29-15-11-26)18-19-2-4-21(5-3-19)25(30)17-23-16-22(6-7-24(23)27)20-8-12-28-13-9-20/h4-11,14-15,20H,2-3,12-13,16-19,21-22,32H2,1H3;2-9,12-13,16,29H,10-11,14-15,17-18,27H2,1H3. The van der Waals surface area contributed by atoms with Gasteiger partial charge in [-0.1, -0.05) is 74.5 Å². The normalized spacial score (nSPS) is 16.4. The number of rotatable bonds is 12. The number of hydrogen-bond acceptors (Lipinski definition) is 8. The summed E-state index contributed by atoms with van der Waals surface area (Å²) < 4.78 is 0. The highest BCUT2D eigenvalue weighted by Crippen LogP contribution is 2.36. The SMILES string of the molecule is CC1(Cc2ccc(C(=O)Cc3cc(-c4ccncc4)ccc3N)cc2)CCN(C(=O)N2CCCC2)CC1.CC1(Cc2ccc(C(=O)Cc3cc(-c4ccncc4)ccc3N)cc2)CCNCC1. The second-order valence-electron chi connectivity index (χ2n) is 19.6. The van der Waals surface area contributed by atoms with Crippen molar-refractivity contribution in [1.82, 2.24) is 25.1 Å². The first-order chi connectivity index (χ1) is 32.4. The van der Waals surface area contributed by atoms with Gasteiger partial charge in [-0.25, -0.2) is 4.79 Å². The Hall–Kier alpha value is -6.65. The predicted molar refractivity (Wildman–Crippen MR) is 270 cm³/mol. The number of nitrogen functional groups attached to an aromatic ring is 2. The van der Waals surface area contributed by atoms with Gasteiger partial charge in [0.1, 0.15) is 0 Å². The minimum Gasteiger partial charge on any atom is -0.398 e. The third-order valence-electron chi connectivity index (χ3n) is 14.3. The van der Waals surface area contributed by atoms with Gasteiger partial charge >= 0.3 is 6.03 Å². The van der Waals surface area contributed by atoms with E-state index in [0.29, 0.717) is 28.8 Å². The van der Waals surface area contributed by atoms with Gasteiger partial charge in [0, 0.05) is 86.3 Å². The highest BCUT2D eigenvalue weighted by Gasteiger charge is 2.34. The lowest BCUT2D eigenvalue weighted by Crippen LogP contribution is -2.48. The van der Waals surface area contributed by atoms with Crippen LogP contribution in [-0.2, 0) is 25.7 Å². The van der Waals surface area contributed by atoms with Crippen LogP contribution in [0.4, 0.5) is 16.2 Å². The molecule has 2 amide bonds. The fourth-order valence-electron chi connectivity index (χ4n) is 9.85. The number of piperidine rings is 2. The third kappa shape index (κ3) is 12.2. The minimum atomic E-state index is 0.0603. The van der Waals surface area contributed by atoms with Crippen molar-refractivity contribution < 1.29 is 14.4 Å². The molecule has 9 rings (SSSR count). The molecule has 0 radical (unpaired) electrons. The van der Waals surface area contributed by atoms with E-state index in [-0.39, 0.29) is 29.4 Å².